The maximum absolute atomic E-state index is 12.9. The Labute approximate surface area is 143 Å². The Morgan fingerprint density at radius 1 is 1.20 bits per heavy atom. The van der Waals surface area contributed by atoms with E-state index in [1.165, 1.54) is 16.9 Å². The lowest BCUT2D eigenvalue weighted by molar-refractivity contribution is -0.122. The van der Waals surface area contributed by atoms with Crippen LogP contribution >= 0.6 is 0 Å². The molecule has 1 N–H and O–H groups in total. The third-order valence-corrected chi connectivity index (χ3v) is 3.51. The molecule has 3 aromatic rings. The monoisotopic (exact) mass is 341 g/mol. The van der Waals surface area contributed by atoms with Crippen molar-refractivity contribution in [2.75, 3.05) is 7.11 Å². The van der Waals surface area contributed by atoms with Crippen LogP contribution in [0.5, 0.6) is 5.75 Å². The second kappa shape index (κ2) is 7.52. The molecule has 25 heavy (non-hydrogen) atoms. The van der Waals surface area contributed by atoms with Gasteiger partial charge >= 0.3 is 0 Å². The number of hydrogen-bond acceptors (Lipinski definition) is 5. The number of tetrazole rings is 1. The highest BCUT2D eigenvalue weighted by Crippen LogP contribution is 2.16. The minimum Gasteiger partial charge on any atom is -0.496 e. The van der Waals surface area contributed by atoms with E-state index in [0.29, 0.717) is 23.7 Å². The van der Waals surface area contributed by atoms with Gasteiger partial charge in [0.2, 0.25) is 11.7 Å². The fourth-order valence-corrected chi connectivity index (χ4v) is 2.25. The summed E-state index contributed by atoms with van der Waals surface area (Å²) in [7, 11) is 1.58. The number of nitrogens with zero attached hydrogens (tertiary/aromatic N) is 4. The van der Waals surface area contributed by atoms with Crippen LogP contribution in [-0.2, 0) is 17.9 Å². The van der Waals surface area contributed by atoms with E-state index in [1.54, 1.807) is 19.2 Å². The summed E-state index contributed by atoms with van der Waals surface area (Å²) in [5.41, 5.74) is 1.50. The molecule has 0 bridgehead atoms. The number of para-hydroxylation sites is 1. The molecule has 0 fully saturated rings. The highest BCUT2D eigenvalue weighted by Gasteiger charge is 2.10. The van der Waals surface area contributed by atoms with E-state index in [-0.39, 0.29) is 18.3 Å². The van der Waals surface area contributed by atoms with Gasteiger partial charge in [-0.1, -0.05) is 18.2 Å². The van der Waals surface area contributed by atoms with E-state index in [1.807, 2.05) is 24.3 Å². The molecule has 2 aromatic carbocycles. The topological polar surface area (TPSA) is 81.9 Å². The van der Waals surface area contributed by atoms with Gasteiger partial charge in [0, 0.05) is 17.7 Å². The summed E-state index contributed by atoms with van der Waals surface area (Å²) in [5.74, 6) is 0.443. The van der Waals surface area contributed by atoms with Crippen molar-refractivity contribution >= 4 is 5.91 Å². The second-order valence-corrected chi connectivity index (χ2v) is 5.24. The average molecular weight is 341 g/mol. The standard InChI is InChI=1S/C17H16FN5O2/c1-25-15-5-3-2-4-13(15)10-19-16(24)11-23-21-17(20-22-23)12-6-8-14(18)9-7-12/h2-9H,10-11H2,1H3,(H,19,24). The largest absolute Gasteiger partial charge is 0.496 e. The predicted molar refractivity (Wildman–Crippen MR) is 88.1 cm³/mol. The van der Waals surface area contributed by atoms with E-state index in [9.17, 15) is 9.18 Å². The smallest absolute Gasteiger partial charge is 0.243 e. The third-order valence-electron chi connectivity index (χ3n) is 3.51. The molecule has 0 saturated heterocycles. The molecule has 0 spiro atoms. The molecule has 0 aliphatic heterocycles. The maximum atomic E-state index is 12.9. The number of hydrogen-bond donors (Lipinski definition) is 1. The van der Waals surface area contributed by atoms with Crippen molar-refractivity contribution in [2.45, 2.75) is 13.1 Å². The number of aromatic nitrogens is 4. The Bertz CT molecular complexity index is 863. The Morgan fingerprint density at radius 3 is 2.72 bits per heavy atom. The van der Waals surface area contributed by atoms with Crippen LogP contribution in [0.25, 0.3) is 11.4 Å². The molecule has 3 rings (SSSR count). The van der Waals surface area contributed by atoms with Crippen molar-refractivity contribution < 1.29 is 13.9 Å². The average Bonchev–Trinajstić information content (AvgIpc) is 3.09. The summed E-state index contributed by atoms with van der Waals surface area (Å²) < 4.78 is 18.2. The minimum absolute atomic E-state index is 0.0661. The molecule has 1 aromatic heterocycles. The first kappa shape index (κ1) is 16.6. The van der Waals surface area contributed by atoms with E-state index in [0.717, 1.165) is 5.56 Å². The molecule has 8 heteroatoms. The Kier molecular flexibility index (Phi) is 4.98. The molecular weight excluding hydrogens is 325 g/mol. The molecule has 0 unspecified atom stereocenters. The number of benzene rings is 2. The van der Waals surface area contributed by atoms with Crippen molar-refractivity contribution in [1.29, 1.82) is 0 Å². The van der Waals surface area contributed by atoms with Crippen molar-refractivity contribution in [3.63, 3.8) is 0 Å². The van der Waals surface area contributed by atoms with Gasteiger partial charge in [0.15, 0.2) is 0 Å². The molecule has 7 nitrogen and oxygen atoms in total. The SMILES string of the molecule is COc1ccccc1CNC(=O)Cn1nnc(-c2ccc(F)cc2)n1. The summed E-state index contributed by atoms with van der Waals surface area (Å²) in [5, 5.41) is 14.6. The lowest BCUT2D eigenvalue weighted by Gasteiger charge is -2.09. The molecule has 1 amide bonds. The number of ether oxygens (including phenoxy) is 1. The van der Waals surface area contributed by atoms with E-state index in [4.69, 9.17) is 4.74 Å². The Balaban J connectivity index is 1.59. The molecule has 0 radical (unpaired) electrons. The lowest BCUT2D eigenvalue weighted by Crippen LogP contribution is -2.28. The van der Waals surface area contributed by atoms with Gasteiger partial charge in [0.1, 0.15) is 18.1 Å². The first-order chi connectivity index (χ1) is 12.2. The normalized spacial score (nSPS) is 10.5. The van der Waals surface area contributed by atoms with Gasteiger partial charge < -0.3 is 10.1 Å². The van der Waals surface area contributed by atoms with Gasteiger partial charge in [-0.2, -0.15) is 4.80 Å². The zero-order chi connectivity index (χ0) is 17.6. The number of amides is 1. The van der Waals surface area contributed by atoms with Crippen LogP contribution in [0.3, 0.4) is 0 Å². The van der Waals surface area contributed by atoms with Gasteiger partial charge in [0.05, 0.1) is 7.11 Å². The lowest BCUT2D eigenvalue weighted by atomic mass is 10.2. The van der Waals surface area contributed by atoms with Crippen molar-refractivity contribution in [3.05, 3.63) is 59.9 Å². The van der Waals surface area contributed by atoms with Crippen molar-refractivity contribution in [3.8, 4) is 17.1 Å². The molecule has 1 heterocycles. The summed E-state index contributed by atoms with van der Waals surface area (Å²) >= 11 is 0. The fraction of sp³-hybridized carbons (Fsp3) is 0.176. The predicted octanol–water partition coefficient (Wildman–Crippen LogP) is 1.80. The van der Waals surface area contributed by atoms with Crippen LogP contribution in [0.15, 0.2) is 48.5 Å². The molecule has 0 aliphatic rings. The van der Waals surface area contributed by atoms with Crippen molar-refractivity contribution in [1.82, 2.24) is 25.5 Å². The minimum atomic E-state index is -0.341. The zero-order valence-electron chi connectivity index (χ0n) is 13.5. The Hall–Kier alpha value is -3.29. The summed E-state index contributed by atoms with van der Waals surface area (Å²) in [6.07, 6.45) is 0. The highest BCUT2D eigenvalue weighted by atomic mass is 19.1. The molecule has 0 saturated carbocycles. The first-order valence-corrected chi connectivity index (χ1v) is 7.58. The van der Waals surface area contributed by atoms with Gasteiger partial charge in [-0.05, 0) is 35.5 Å². The molecule has 128 valence electrons. The van der Waals surface area contributed by atoms with E-state index >= 15 is 0 Å². The number of nitrogens with one attached hydrogen (secondary N) is 1. The van der Waals surface area contributed by atoms with Crippen LogP contribution in [0.2, 0.25) is 0 Å². The van der Waals surface area contributed by atoms with Crippen LogP contribution < -0.4 is 10.1 Å². The summed E-state index contributed by atoms with van der Waals surface area (Å²) in [4.78, 5) is 13.2. The van der Waals surface area contributed by atoms with Crippen LogP contribution in [0, 0.1) is 5.82 Å². The van der Waals surface area contributed by atoms with Gasteiger partial charge in [-0.15, -0.1) is 10.2 Å². The van der Waals surface area contributed by atoms with Gasteiger partial charge in [-0.25, -0.2) is 4.39 Å². The number of methoxy groups -OCH3 is 1. The van der Waals surface area contributed by atoms with E-state index < -0.39 is 0 Å². The second-order valence-electron chi connectivity index (χ2n) is 5.24. The maximum Gasteiger partial charge on any atom is 0.243 e. The zero-order valence-corrected chi connectivity index (χ0v) is 13.5. The van der Waals surface area contributed by atoms with Gasteiger partial charge in [-0.3, -0.25) is 4.79 Å². The number of carbonyl (C=O) groups excluding carboxylic acids is 1. The number of halogens is 1. The highest BCUT2D eigenvalue weighted by molar-refractivity contribution is 5.75. The molecular formula is C17H16FN5O2. The molecule has 0 atom stereocenters. The summed E-state index contributed by atoms with van der Waals surface area (Å²) in [6.45, 7) is 0.270. The summed E-state index contributed by atoms with van der Waals surface area (Å²) in [6, 6.07) is 13.2. The number of rotatable bonds is 6. The quantitative estimate of drug-likeness (QED) is 0.739. The molecule has 0 aliphatic carbocycles. The van der Waals surface area contributed by atoms with Gasteiger partial charge in [0.25, 0.3) is 0 Å². The van der Waals surface area contributed by atoms with Crippen molar-refractivity contribution in [2.24, 2.45) is 0 Å². The van der Waals surface area contributed by atoms with E-state index in [2.05, 4.69) is 20.7 Å². The third kappa shape index (κ3) is 4.17. The Morgan fingerprint density at radius 2 is 1.96 bits per heavy atom. The van der Waals surface area contributed by atoms with Crippen LogP contribution in [-0.4, -0.2) is 33.2 Å². The van der Waals surface area contributed by atoms with Crippen LogP contribution in [0.4, 0.5) is 4.39 Å². The number of carbonyl (C=O) groups is 1. The van der Waals surface area contributed by atoms with Crippen LogP contribution in [0.1, 0.15) is 5.56 Å². The first-order valence-electron chi connectivity index (χ1n) is 7.58. The fourth-order valence-electron chi connectivity index (χ4n) is 2.25.